The Morgan fingerprint density at radius 2 is 1.78 bits per heavy atom. The van der Waals surface area contributed by atoms with Gasteiger partial charge in [0, 0.05) is 12.7 Å². The molecule has 0 bridgehead atoms. The van der Waals surface area contributed by atoms with Crippen LogP contribution in [0.5, 0.6) is 5.75 Å². The molecule has 9 nitrogen and oxygen atoms in total. The molecule has 32 heavy (non-hydrogen) atoms. The van der Waals surface area contributed by atoms with Crippen molar-refractivity contribution in [3.8, 4) is 5.75 Å². The number of aromatic hydroxyl groups is 1. The van der Waals surface area contributed by atoms with Gasteiger partial charge in [0.05, 0.1) is 18.9 Å². The number of fused-ring (bicyclic) bond motifs is 1. The number of rotatable bonds is 5. The maximum absolute atomic E-state index is 13.1. The molecule has 2 N–H and O–H groups in total. The lowest BCUT2D eigenvalue weighted by molar-refractivity contribution is 0.0601. The van der Waals surface area contributed by atoms with Gasteiger partial charge in [0.25, 0.3) is 5.91 Å². The number of esters is 1. The summed E-state index contributed by atoms with van der Waals surface area (Å²) in [7, 11) is 2.85. The first kappa shape index (κ1) is 20.7. The van der Waals surface area contributed by atoms with Crippen LogP contribution in [0.3, 0.4) is 0 Å². The number of methoxy groups -OCH3 is 1. The second-order valence-electron chi connectivity index (χ2n) is 6.86. The summed E-state index contributed by atoms with van der Waals surface area (Å²) in [6.07, 6.45) is 1.32. The molecular weight excluding hydrogens is 410 g/mol. The molecule has 0 atom stereocenters. The van der Waals surface area contributed by atoms with E-state index >= 15 is 0 Å². The molecule has 0 radical (unpaired) electrons. The summed E-state index contributed by atoms with van der Waals surface area (Å²) in [5.74, 6) is -1.28. The average Bonchev–Trinajstić information content (AvgIpc) is 3.18. The number of carbonyl (C=O) groups excluding carboxylic acids is 2. The number of aromatic nitrogens is 2. The number of benzene rings is 3. The minimum Gasteiger partial charge on any atom is -0.505 e. The van der Waals surface area contributed by atoms with E-state index in [1.165, 1.54) is 18.0 Å². The number of amides is 1. The van der Waals surface area contributed by atoms with Gasteiger partial charge in [-0.05, 0) is 29.0 Å². The lowest BCUT2D eigenvalue weighted by atomic mass is 10.0. The molecule has 0 unspecified atom stereocenters. The third-order valence-electron chi connectivity index (χ3n) is 4.83. The topological polar surface area (TPSA) is 118 Å². The number of phenols is 1. The molecule has 9 heteroatoms. The number of hydrogen-bond donors (Lipinski definition) is 2. The van der Waals surface area contributed by atoms with Gasteiger partial charge in [0.1, 0.15) is 11.3 Å². The molecule has 1 aromatic heterocycles. The number of para-hydroxylation sites is 1. The average molecular weight is 429 g/mol. The monoisotopic (exact) mass is 429 g/mol. The number of ether oxygens (including phenoxy) is 1. The van der Waals surface area contributed by atoms with Crippen molar-refractivity contribution in [3.05, 3.63) is 78.0 Å². The fourth-order valence-electron chi connectivity index (χ4n) is 3.25. The summed E-state index contributed by atoms with van der Waals surface area (Å²) in [6, 6.07) is 17.7. The van der Waals surface area contributed by atoms with Crippen LogP contribution in [-0.2, 0) is 11.8 Å². The number of phenolic OH excluding ortho intramolecular Hbond substituents is 1. The van der Waals surface area contributed by atoms with Crippen LogP contribution < -0.4 is 5.32 Å². The molecule has 0 aliphatic carbocycles. The Hall–Kier alpha value is -4.53. The van der Waals surface area contributed by atoms with Crippen molar-refractivity contribution in [2.75, 3.05) is 12.4 Å². The van der Waals surface area contributed by atoms with E-state index in [9.17, 15) is 14.7 Å². The van der Waals surface area contributed by atoms with Gasteiger partial charge in [0.15, 0.2) is 11.6 Å². The smallest absolute Gasteiger partial charge is 0.343 e. The molecule has 1 heterocycles. The van der Waals surface area contributed by atoms with E-state index in [1.807, 2.05) is 12.1 Å². The van der Waals surface area contributed by atoms with Crippen LogP contribution in [0, 0.1) is 0 Å². The van der Waals surface area contributed by atoms with Crippen LogP contribution in [0.4, 0.5) is 17.2 Å². The zero-order chi connectivity index (χ0) is 22.7. The Morgan fingerprint density at radius 3 is 2.53 bits per heavy atom. The van der Waals surface area contributed by atoms with E-state index in [0.29, 0.717) is 16.5 Å². The summed E-state index contributed by atoms with van der Waals surface area (Å²) >= 11 is 0. The molecule has 3 aromatic carbocycles. The largest absolute Gasteiger partial charge is 0.505 e. The Kier molecular flexibility index (Phi) is 5.63. The number of anilines is 1. The van der Waals surface area contributed by atoms with Crippen LogP contribution in [0.1, 0.15) is 20.7 Å². The minimum absolute atomic E-state index is 0.0685. The van der Waals surface area contributed by atoms with Gasteiger partial charge in [-0.2, -0.15) is 5.10 Å². The Labute approximate surface area is 183 Å². The highest BCUT2D eigenvalue weighted by Gasteiger charge is 2.21. The van der Waals surface area contributed by atoms with Crippen LogP contribution in [0.15, 0.2) is 77.1 Å². The van der Waals surface area contributed by atoms with Crippen LogP contribution in [-0.4, -0.2) is 33.9 Å². The third kappa shape index (κ3) is 3.91. The molecule has 1 amide bonds. The van der Waals surface area contributed by atoms with Crippen LogP contribution >= 0.6 is 0 Å². The van der Waals surface area contributed by atoms with Crippen molar-refractivity contribution < 1.29 is 19.4 Å². The molecular formula is C23H19N5O4. The van der Waals surface area contributed by atoms with Crippen molar-refractivity contribution in [3.63, 3.8) is 0 Å². The van der Waals surface area contributed by atoms with E-state index in [4.69, 9.17) is 4.74 Å². The molecule has 160 valence electrons. The van der Waals surface area contributed by atoms with E-state index in [-0.39, 0.29) is 28.4 Å². The zero-order valence-corrected chi connectivity index (χ0v) is 17.3. The third-order valence-corrected chi connectivity index (χ3v) is 4.83. The maximum atomic E-state index is 13.1. The predicted molar refractivity (Wildman–Crippen MR) is 119 cm³/mol. The number of nitrogens with one attached hydrogen (secondary N) is 1. The molecule has 0 saturated carbocycles. The number of nitrogens with zero attached hydrogens (tertiary/aromatic N) is 4. The fraction of sp³-hybridized carbons (Fsp3) is 0.0870. The number of aryl methyl sites for hydroxylation is 1. The standard InChI is InChI=1S/C23H19N5O4/c1-28-21(17(13-24-28)23(31)32-2)27-26-18-12-14-8-6-7-11-16(14)19(20(18)29)22(30)25-15-9-4-3-5-10-15/h3-13,29H,1-2H3,(H,25,30). The Morgan fingerprint density at radius 1 is 1.06 bits per heavy atom. The number of hydrogen-bond acceptors (Lipinski definition) is 7. The van der Waals surface area contributed by atoms with Gasteiger partial charge in [-0.3, -0.25) is 4.79 Å². The van der Waals surface area contributed by atoms with Gasteiger partial charge in [-0.1, -0.05) is 42.5 Å². The number of carbonyl (C=O) groups is 2. The van der Waals surface area contributed by atoms with Gasteiger partial charge < -0.3 is 15.2 Å². The first-order chi connectivity index (χ1) is 15.5. The molecule has 0 fully saturated rings. The zero-order valence-electron chi connectivity index (χ0n) is 17.3. The first-order valence-corrected chi connectivity index (χ1v) is 9.62. The molecule has 0 aliphatic heterocycles. The number of azo groups is 1. The molecule has 4 rings (SSSR count). The summed E-state index contributed by atoms with van der Waals surface area (Å²) < 4.78 is 6.09. The van der Waals surface area contributed by atoms with Crippen molar-refractivity contribution >= 4 is 39.8 Å². The van der Waals surface area contributed by atoms with E-state index in [0.717, 1.165) is 0 Å². The summed E-state index contributed by atoms with van der Waals surface area (Å²) in [5.41, 5.74) is 0.852. The van der Waals surface area contributed by atoms with Crippen molar-refractivity contribution in [1.82, 2.24) is 9.78 Å². The summed E-state index contributed by atoms with van der Waals surface area (Å²) in [4.78, 5) is 25.0. The molecule has 0 aliphatic rings. The van der Waals surface area contributed by atoms with Crippen LogP contribution in [0.25, 0.3) is 10.8 Å². The van der Waals surface area contributed by atoms with Crippen molar-refractivity contribution in [2.24, 2.45) is 17.3 Å². The second kappa shape index (κ2) is 8.68. The van der Waals surface area contributed by atoms with Gasteiger partial charge in [-0.25, -0.2) is 9.48 Å². The minimum atomic E-state index is -0.613. The second-order valence-corrected chi connectivity index (χ2v) is 6.86. The fourth-order valence-corrected chi connectivity index (χ4v) is 3.25. The highest BCUT2D eigenvalue weighted by molar-refractivity contribution is 6.16. The molecule has 0 spiro atoms. The van der Waals surface area contributed by atoms with Gasteiger partial charge in [0.2, 0.25) is 0 Å². The highest BCUT2D eigenvalue weighted by atomic mass is 16.5. The lowest BCUT2D eigenvalue weighted by Gasteiger charge is -2.12. The quantitative estimate of drug-likeness (QED) is 0.351. The predicted octanol–water partition coefficient (Wildman–Crippen LogP) is 4.73. The van der Waals surface area contributed by atoms with E-state index in [1.54, 1.807) is 55.6 Å². The van der Waals surface area contributed by atoms with Crippen molar-refractivity contribution in [1.29, 1.82) is 0 Å². The SMILES string of the molecule is COC(=O)c1cnn(C)c1N=Nc1cc2ccccc2c(C(=O)Nc2ccccc2)c1O. The first-order valence-electron chi connectivity index (χ1n) is 9.62. The normalized spacial score (nSPS) is 11.1. The highest BCUT2D eigenvalue weighted by Crippen LogP contribution is 2.38. The maximum Gasteiger partial charge on any atom is 0.343 e. The summed E-state index contributed by atoms with van der Waals surface area (Å²) in [6.45, 7) is 0. The Balaban J connectivity index is 1.80. The lowest BCUT2D eigenvalue weighted by Crippen LogP contribution is -2.12. The van der Waals surface area contributed by atoms with E-state index in [2.05, 4.69) is 20.6 Å². The molecule has 4 aromatic rings. The van der Waals surface area contributed by atoms with Gasteiger partial charge >= 0.3 is 5.97 Å². The van der Waals surface area contributed by atoms with E-state index < -0.39 is 11.9 Å². The molecule has 0 saturated heterocycles. The Bertz CT molecular complexity index is 1350. The van der Waals surface area contributed by atoms with Gasteiger partial charge in [-0.15, -0.1) is 10.2 Å². The summed E-state index contributed by atoms with van der Waals surface area (Å²) in [5, 5.41) is 27.2. The van der Waals surface area contributed by atoms with Crippen molar-refractivity contribution in [2.45, 2.75) is 0 Å². The van der Waals surface area contributed by atoms with Crippen LogP contribution in [0.2, 0.25) is 0 Å².